The standard InChI is InChI=1S/C27H29N3O7/c1-5-33-22-13-18(14-23(34-6-2)26(22)35-7-3)27(32)29-19-8-10-21(11-9-19)36-16-20-15-25(31)30-24(28-20)12-17(4)37-30/h8-15H,5-7,16H2,1-4H3,(H,29,32). The highest BCUT2D eigenvalue weighted by Gasteiger charge is 2.18. The van der Waals surface area contributed by atoms with E-state index in [0.29, 0.717) is 71.2 Å². The van der Waals surface area contributed by atoms with Crippen LogP contribution >= 0.6 is 0 Å². The fraction of sp³-hybridized carbons (Fsp3) is 0.296. The molecule has 0 radical (unpaired) electrons. The van der Waals surface area contributed by atoms with Crippen LogP contribution in [0.1, 0.15) is 42.6 Å². The molecular weight excluding hydrogens is 478 g/mol. The van der Waals surface area contributed by atoms with Crippen LogP contribution in [0.3, 0.4) is 0 Å². The molecule has 10 nitrogen and oxygen atoms in total. The molecule has 2 heterocycles. The Kier molecular flexibility index (Phi) is 7.97. The summed E-state index contributed by atoms with van der Waals surface area (Å²) in [5.74, 6) is 2.19. The number of rotatable bonds is 11. The number of carbonyl (C=O) groups excluding carboxylic acids is 1. The van der Waals surface area contributed by atoms with E-state index in [4.69, 9.17) is 23.5 Å². The first kappa shape index (κ1) is 25.6. The molecule has 0 unspecified atom stereocenters. The van der Waals surface area contributed by atoms with Gasteiger partial charge in [0.05, 0.1) is 25.5 Å². The number of nitrogens with one attached hydrogen (secondary N) is 1. The Hall–Kier alpha value is -4.47. The number of ether oxygens (including phenoxy) is 4. The Bertz CT molecular complexity index is 1410. The number of aryl methyl sites for hydroxylation is 1. The molecule has 0 saturated heterocycles. The Morgan fingerprint density at radius 2 is 1.57 bits per heavy atom. The van der Waals surface area contributed by atoms with E-state index in [-0.39, 0.29) is 18.1 Å². The summed E-state index contributed by atoms with van der Waals surface area (Å²) in [6.45, 7) is 8.70. The molecule has 0 bridgehead atoms. The minimum Gasteiger partial charge on any atom is -0.490 e. The summed E-state index contributed by atoms with van der Waals surface area (Å²) >= 11 is 0. The second-order valence-electron chi connectivity index (χ2n) is 7.95. The molecule has 0 aliphatic carbocycles. The van der Waals surface area contributed by atoms with Crippen LogP contribution in [0.15, 0.2) is 57.8 Å². The van der Waals surface area contributed by atoms with Crippen LogP contribution in [0, 0.1) is 6.92 Å². The van der Waals surface area contributed by atoms with Crippen LogP contribution in [0.4, 0.5) is 5.69 Å². The summed E-state index contributed by atoms with van der Waals surface area (Å²) in [7, 11) is 0. The summed E-state index contributed by atoms with van der Waals surface area (Å²) < 4.78 is 29.3. The van der Waals surface area contributed by atoms with Gasteiger partial charge in [-0.05, 0) is 64.1 Å². The van der Waals surface area contributed by atoms with Crippen molar-refractivity contribution in [3.05, 3.63) is 75.9 Å². The summed E-state index contributed by atoms with van der Waals surface area (Å²) in [5, 5.41) is 2.87. The van der Waals surface area contributed by atoms with E-state index in [1.165, 1.54) is 6.07 Å². The molecule has 37 heavy (non-hydrogen) atoms. The lowest BCUT2D eigenvalue weighted by Crippen LogP contribution is -2.14. The maximum absolute atomic E-state index is 13.0. The number of amides is 1. The zero-order valence-electron chi connectivity index (χ0n) is 21.2. The largest absolute Gasteiger partial charge is 0.490 e. The third kappa shape index (κ3) is 6.03. The summed E-state index contributed by atoms with van der Waals surface area (Å²) in [4.78, 5) is 29.5. The zero-order valence-corrected chi connectivity index (χ0v) is 21.2. The van der Waals surface area contributed by atoms with Gasteiger partial charge < -0.3 is 28.8 Å². The minimum absolute atomic E-state index is 0.105. The molecule has 0 spiro atoms. The third-order valence-electron chi connectivity index (χ3n) is 5.19. The monoisotopic (exact) mass is 507 g/mol. The molecule has 10 heteroatoms. The van der Waals surface area contributed by atoms with Gasteiger partial charge >= 0.3 is 0 Å². The second kappa shape index (κ2) is 11.5. The normalized spacial score (nSPS) is 10.8. The van der Waals surface area contributed by atoms with Crippen molar-refractivity contribution in [2.75, 3.05) is 25.1 Å². The SMILES string of the molecule is CCOc1cc(C(=O)Nc2ccc(OCc3cc(=O)n4oc(C)cc4n3)cc2)cc(OCC)c1OCC. The van der Waals surface area contributed by atoms with Gasteiger partial charge in [-0.25, -0.2) is 4.98 Å². The third-order valence-corrected chi connectivity index (χ3v) is 5.19. The number of anilines is 1. The van der Waals surface area contributed by atoms with Gasteiger partial charge in [0.1, 0.15) is 18.1 Å². The highest BCUT2D eigenvalue weighted by atomic mass is 16.5. The minimum atomic E-state index is -0.327. The van der Waals surface area contributed by atoms with Crippen LogP contribution in [0.25, 0.3) is 5.65 Å². The van der Waals surface area contributed by atoms with Gasteiger partial charge in [0.25, 0.3) is 11.5 Å². The van der Waals surface area contributed by atoms with Crippen molar-refractivity contribution in [3.63, 3.8) is 0 Å². The number of benzene rings is 2. The van der Waals surface area contributed by atoms with Crippen LogP contribution in [0.2, 0.25) is 0 Å². The average molecular weight is 508 g/mol. The maximum Gasteiger partial charge on any atom is 0.287 e. The van der Waals surface area contributed by atoms with E-state index in [1.54, 1.807) is 49.4 Å². The number of hydrogen-bond donors (Lipinski definition) is 1. The van der Waals surface area contributed by atoms with Crippen molar-refractivity contribution in [1.82, 2.24) is 9.56 Å². The topological polar surface area (TPSA) is 114 Å². The fourth-order valence-electron chi connectivity index (χ4n) is 3.66. The predicted molar refractivity (Wildman–Crippen MR) is 137 cm³/mol. The first-order valence-electron chi connectivity index (χ1n) is 12.0. The lowest BCUT2D eigenvalue weighted by Gasteiger charge is -2.17. The average Bonchev–Trinajstić information content (AvgIpc) is 3.26. The molecular formula is C27H29N3O7. The molecule has 4 aromatic rings. The molecule has 0 aliphatic rings. The van der Waals surface area contributed by atoms with Gasteiger partial charge in [-0.1, -0.05) is 0 Å². The number of nitrogens with zero attached hydrogens (tertiary/aromatic N) is 2. The highest BCUT2D eigenvalue weighted by Crippen LogP contribution is 2.39. The van der Waals surface area contributed by atoms with E-state index in [2.05, 4.69) is 10.3 Å². The van der Waals surface area contributed by atoms with Gasteiger partial charge in [0.15, 0.2) is 17.1 Å². The maximum atomic E-state index is 13.0. The quantitative estimate of drug-likeness (QED) is 0.313. The summed E-state index contributed by atoms with van der Waals surface area (Å²) in [6, 6.07) is 13.2. The van der Waals surface area contributed by atoms with Crippen molar-refractivity contribution >= 4 is 17.2 Å². The zero-order chi connectivity index (χ0) is 26.4. The predicted octanol–water partition coefficient (Wildman–Crippen LogP) is 4.62. The van der Waals surface area contributed by atoms with E-state index in [0.717, 1.165) is 4.57 Å². The van der Waals surface area contributed by atoms with Crippen molar-refractivity contribution in [3.8, 4) is 23.0 Å². The lowest BCUT2D eigenvalue weighted by atomic mass is 10.1. The number of hydrogen-bond acceptors (Lipinski definition) is 8. The van der Waals surface area contributed by atoms with E-state index < -0.39 is 0 Å². The fourth-order valence-corrected chi connectivity index (χ4v) is 3.66. The first-order chi connectivity index (χ1) is 17.9. The molecule has 0 saturated carbocycles. The number of carbonyl (C=O) groups is 1. The lowest BCUT2D eigenvalue weighted by molar-refractivity contribution is 0.102. The molecule has 2 aromatic heterocycles. The molecule has 0 fully saturated rings. The van der Waals surface area contributed by atoms with E-state index in [1.807, 2.05) is 20.8 Å². The summed E-state index contributed by atoms with van der Waals surface area (Å²) in [6.07, 6.45) is 0. The number of aromatic nitrogens is 2. The van der Waals surface area contributed by atoms with Gasteiger partial charge in [0, 0.05) is 23.4 Å². The van der Waals surface area contributed by atoms with Crippen LogP contribution in [0.5, 0.6) is 23.0 Å². The molecule has 1 N–H and O–H groups in total. The van der Waals surface area contributed by atoms with Crippen molar-refractivity contribution < 1.29 is 28.3 Å². The highest BCUT2D eigenvalue weighted by molar-refractivity contribution is 6.05. The van der Waals surface area contributed by atoms with Crippen LogP contribution in [-0.4, -0.2) is 35.3 Å². The number of fused-ring (bicyclic) bond motifs is 1. The molecule has 194 valence electrons. The molecule has 0 aliphatic heterocycles. The van der Waals surface area contributed by atoms with Gasteiger partial charge in [0.2, 0.25) is 5.75 Å². The summed E-state index contributed by atoms with van der Waals surface area (Å²) in [5.41, 5.74) is 1.54. The van der Waals surface area contributed by atoms with E-state index in [9.17, 15) is 9.59 Å². The first-order valence-corrected chi connectivity index (χ1v) is 12.0. The van der Waals surface area contributed by atoms with Crippen LogP contribution in [-0.2, 0) is 6.61 Å². The van der Waals surface area contributed by atoms with Gasteiger partial charge in [-0.3, -0.25) is 9.59 Å². The van der Waals surface area contributed by atoms with Crippen molar-refractivity contribution in [1.29, 1.82) is 0 Å². The van der Waals surface area contributed by atoms with Gasteiger partial charge in [-0.15, -0.1) is 4.57 Å². The Morgan fingerprint density at radius 3 is 2.19 bits per heavy atom. The van der Waals surface area contributed by atoms with Crippen LogP contribution < -0.4 is 29.8 Å². The second-order valence-corrected chi connectivity index (χ2v) is 7.95. The Labute approximate surface area is 213 Å². The van der Waals surface area contributed by atoms with Crippen molar-refractivity contribution in [2.45, 2.75) is 34.3 Å². The van der Waals surface area contributed by atoms with Gasteiger partial charge in [-0.2, -0.15) is 0 Å². The van der Waals surface area contributed by atoms with E-state index >= 15 is 0 Å². The van der Waals surface area contributed by atoms with Crippen molar-refractivity contribution in [2.24, 2.45) is 0 Å². The Morgan fingerprint density at radius 1 is 0.919 bits per heavy atom. The molecule has 4 rings (SSSR count). The Balaban J connectivity index is 1.44. The molecule has 1 amide bonds. The molecule has 0 atom stereocenters. The molecule has 2 aromatic carbocycles. The smallest absolute Gasteiger partial charge is 0.287 e.